The fraction of sp³-hybridized carbons (Fsp3) is 0.933. The van der Waals surface area contributed by atoms with Crippen molar-refractivity contribution in [2.24, 2.45) is 5.92 Å². The van der Waals surface area contributed by atoms with Crippen molar-refractivity contribution in [2.45, 2.75) is 78.5 Å². The van der Waals surface area contributed by atoms with Crippen molar-refractivity contribution < 1.29 is 14.6 Å². The highest BCUT2D eigenvalue weighted by Gasteiger charge is 2.35. The third-order valence-corrected chi connectivity index (χ3v) is 3.55. The Kier molecular flexibility index (Phi) is 8.26. The zero-order valence-electron chi connectivity index (χ0n) is 13.3. The van der Waals surface area contributed by atoms with Crippen molar-refractivity contribution in [3.63, 3.8) is 0 Å². The van der Waals surface area contributed by atoms with Gasteiger partial charge in [0.25, 0.3) is 0 Å². The van der Waals surface area contributed by atoms with Gasteiger partial charge in [-0.3, -0.25) is 10.1 Å². The summed E-state index contributed by atoms with van der Waals surface area (Å²) >= 11 is 0. The molecule has 0 saturated heterocycles. The van der Waals surface area contributed by atoms with E-state index >= 15 is 0 Å². The fourth-order valence-electron chi connectivity index (χ4n) is 2.30. The van der Waals surface area contributed by atoms with E-state index in [-0.39, 0.29) is 12.1 Å². The van der Waals surface area contributed by atoms with E-state index in [0.717, 1.165) is 12.8 Å². The molecule has 0 aliphatic carbocycles. The van der Waals surface area contributed by atoms with Crippen LogP contribution >= 0.6 is 0 Å². The lowest BCUT2D eigenvalue weighted by atomic mass is 9.93. The first-order chi connectivity index (χ1) is 8.75. The van der Waals surface area contributed by atoms with E-state index in [1.165, 1.54) is 0 Å². The first-order valence-corrected chi connectivity index (χ1v) is 7.37. The molecule has 19 heavy (non-hydrogen) atoms. The maximum atomic E-state index is 11.4. The minimum Gasteiger partial charge on any atom is -0.480 e. The summed E-state index contributed by atoms with van der Waals surface area (Å²) in [7, 11) is 0. The highest BCUT2D eigenvalue weighted by atomic mass is 16.5. The summed E-state index contributed by atoms with van der Waals surface area (Å²) in [6, 6.07) is 0.132. The number of ether oxygens (including phenoxy) is 1. The summed E-state index contributed by atoms with van der Waals surface area (Å²) < 4.78 is 5.81. The van der Waals surface area contributed by atoms with Crippen LogP contribution < -0.4 is 5.32 Å². The summed E-state index contributed by atoms with van der Waals surface area (Å²) in [5, 5.41) is 12.5. The SMILES string of the molecule is CCC(CC)COC(C)CC(C)(NC(C)C)C(=O)O. The second-order valence-electron chi connectivity index (χ2n) is 5.97. The van der Waals surface area contributed by atoms with Gasteiger partial charge in [0.05, 0.1) is 6.10 Å². The van der Waals surface area contributed by atoms with Gasteiger partial charge < -0.3 is 9.84 Å². The number of hydrogen-bond acceptors (Lipinski definition) is 3. The molecule has 2 unspecified atom stereocenters. The van der Waals surface area contributed by atoms with Gasteiger partial charge in [-0.25, -0.2) is 0 Å². The number of carbonyl (C=O) groups is 1. The standard InChI is InChI=1S/C15H31NO3/c1-7-13(8-2)10-19-12(5)9-15(6,14(17)18)16-11(3)4/h11-13,16H,7-10H2,1-6H3,(H,17,18). The Labute approximate surface area is 117 Å². The molecule has 2 atom stereocenters. The van der Waals surface area contributed by atoms with Crippen LogP contribution in [0, 0.1) is 5.92 Å². The number of nitrogens with one attached hydrogen (secondary N) is 1. The zero-order chi connectivity index (χ0) is 15.1. The highest BCUT2D eigenvalue weighted by molar-refractivity contribution is 5.78. The van der Waals surface area contributed by atoms with Gasteiger partial charge in [-0.2, -0.15) is 0 Å². The van der Waals surface area contributed by atoms with Crippen LogP contribution in [0.4, 0.5) is 0 Å². The maximum Gasteiger partial charge on any atom is 0.323 e. The number of carboxylic acids is 1. The predicted molar refractivity (Wildman–Crippen MR) is 78.4 cm³/mol. The molecule has 0 fully saturated rings. The molecule has 4 heteroatoms. The topological polar surface area (TPSA) is 58.6 Å². The highest BCUT2D eigenvalue weighted by Crippen LogP contribution is 2.18. The van der Waals surface area contributed by atoms with E-state index in [0.29, 0.717) is 18.9 Å². The molecule has 0 rings (SSSR count). The first kappa shape index (κ1) is 18.4. The molecule has 0 spiro atoms. The van der Waals surface area contributed by atoms with Gasteiger partial charge >= 0.3 is 5.97 Å². The van der Waals surface area contributed by atoms with Crippen LogP contribution in [0.1, 0.15) is 60.8 Å². The van der Waals surface area contributed by atoms with Crippen molar-refractivity contribution in [3.8, 4) is 0 Å². The van der Waals surface area contributed by atoms with Gasteiger partial charge in [0.2, 0.25) is 0 Å². The molecule has 0 aromatic heterocycles. The summed E-state index contributed by atoms with van der Waals surface area (Å²) in [5.74, 6) is -0.254. The zero-order valence-corrected chi connectivity index (χ0v) is 13.3. The molecule has 2 N–H and O–H groups in total. The third kappa shape index (κ3) is 6.92. The predicted octanol–water partition coefficient (Wildman–Crippen LogP) is 3.06. The van der Waals surface area contributed by atoms with Crippen LogP contribution in [0.15, 0.2) is 0 Å². The molecule has 0 aliphatic heterocycles. The van der Waals surface area contributed by atoms with Crippen LogP contribution in [0.25, 0.3) is 0 Å². The summed E-state index contributed by atoms with van der Waals surface area (Å²) in [6.45, 7) is 12.6. The van der Waals surface area contributed by atoms with Gasteiger partial charge in [0.15, 0.2) is 0 Å². The second kappa shape index (κ2) is 8.54. The second-order valence-corrected chi connectivity index (χ2v) is 5.97. The maximum absolute atomic E-state index is 11.4. The van der Waals surface area contributed by atoms with Gasteiger partial charge in [0, 0.05) is 19.1 Å². The third-order valence-electron chi connectivity index (χ3n) is 3.55. The lowest BCUT2D eigenvalue weighted by molar-refractivity contribution is -0.146. The van der Waals surface area contributed by atoms with Crippen molar-refractivity contribution >= 4 is 5.97 Å². The normalized spacial score (nSPS) is 16.6. The summed E-state index contributed by atoms with van der Waals surface area (Å²) in [4.78, 5) is 11.4. The first-order valence-electron chi connectivity index (χ1n) is 7.37. The Morgan fingerprint density at radius 3 is 2.16 bits per heavy atom. The lowest BCUT2D eigenvalue weighted by Crippen LogP contribution is -2.54. The van der Waals surface area contributed by atoms with E-state index in [9.17, 15) is 9.90 Å². The Hall–Kier alpha value is -0.610. The quantitative estimate of drug-likeness (QED) is 0.642. The molecule has 0 amide bonds. The average Bonchev–Trinajstić information content (AvgIpc) is 2.28. The van der Waals surface area contributed by atoms with Crippen molar-refractivity contribution in [3.05, 3.63) is 0 Å². The molecule has 4 nitrogen and oxygen atoms in total. The van der Waals surface area contributed by atoms with Crippen LogP contribution in [-0.2, 0) is 9.53 Å². The van der Waals surface area contributed by atoms with E-state index in [1.54, 1.807) is 6.92 Å². The molecule has 0 aliphatic rings. The van der Waals surface area contributed by atoms with Crippen LogP contribution in [-0.4, -0.2) is 35.4 Å². The minimum absolute atomic E-state index is 0.0621. The van der Waals surface area contributed by atoms with Gasteiger partial charge in [-0.05, 0) is 33.6 Å². The van der Waals surface area contributed by atoms with Crippen LogP contribution in [0.3, 0.4) is 0 Å². The van der Waals surface area contributed by atoms with Crippen LogP contribution in [0.2, 0.25) is 0 Å². The van der Waals surface area contributed by atoms with E-state index in [2.05, 4.69) is 19.2 Å². The smallest absolute Gasteiger partial charge is 0.323 e. The summed E-state index contributed by atoms with van der Waals surface area (Å²) in [6.07, 6.45) is 2.61. The molecular formula is C15H31NO3. The van der Waals surface area contributed by atoms with Crippen molar-refractivity contribution in [1.29, 1.82) is 0 Å². The number of rotatable bonds is 10. The van der Waals surface area contributed by atoms with Gasteiger partial charge in [-0.15, -0.1) is 0 Å². The minimum atomic E-state index is -0.929. The molecule has 0 aromatic carbocycles. The molecule has 0 radical (unpaired) electrons. The Bertz CT molecular complexity index is 264. The molecule has 0 bridgehead atoms. The molecular weight excluding hydrogens is 242 g/mol. The largest absolute Gasteiger partial charge is 0.480 e. The van der Waals surface area contributed by atoms with E-state index in [1.807, 2.05) is 20.8 Å². The average molecular weight is 273 g/mol. The molecule has 0 heterocycles. The van der Waals surface area contributed by atoms with E-state index in [4.69, 9.17) is 4.74 Å². The number of aliphatic carboxylic acids is 1. The van der Waals surface area contributed by atoms with Gasteiger partial charge in [0.1, 0.15) is 5.54 Å². The van der Waals surface area contributed by atoms with Crippen molar-refractivity contribution in [2.75, 3.05) is 6.61 Å². The number of carboxylic acid groups (broad SMARTS) is 1. The Balaban J connectivity index is 4.39. The molecule has 0 aromatic rings. The summed E-state index contributed by atoms with van der Waals surface area (Å²) in [5.41, 5.74) is -0.929. The Morgan fingerprint density at radius 2 is 1.79 bits per heavy atom. The monoisotopic (exact) mass is 273 g/mol. The fourth-order valence-corrected chi connectivity index (χ4v) is 2.30. The van der Waals surface area contributed by atoms with Crippen molar-refractivity contribution in [1.82, 2.24) is 5.32 Å². The molecule has 0 saturated carbocycles. The number of hydrogen-bond donors (Lipinski definition) is 2. The Morgan fingerprint density at radius 1 is 1.26 bits per heavy atom. The van der Waals surface area contributed by atoms with Gasteiger partial charge in [-0.1, -0.05) is 26.7 Å². The van der Waals surface area contributed by atoms with Crippen LogP contribution in [0.5, 0.6) is 0 Å². The molecule has 114 valence electrons. The van der Waals surface area contributed by atoms with E-state index < -0.39 is 11.5 Å². The lowest BCUT2D eigenvalue weighted by Gasteiger charge is -2.31.